The van der Waals surface area contributed by atoms with Crippen molar-refractivity contribution in [1.82, 2.24) is 0 Å². The molecule has 4 rings (SSSR count). The second-order valence-corrected chi connectivity index (χ2v) is 10.1. The lowest BCUT2D eigenvalue weighted by Gasteiger charge is -2.19. The molecule has 5 nitrogen and oxygen atoms in total. The van der Waals surface area contributed by atoms with Crippen molar-refractivity contribution in [1.29, 1.82) is 5.26 Å². The molecule has 2 amide bonds. The second-order valence-electron chi connectivity index (χ2n) is 8.00. The maximum Gasteiger partial charge on any atom is 0.269 e. The van der Waals surface area contributed by atoms with Gasteiger partial charge in [0.25, 0.3) is 5.91 Å². The Morgan fingerprint density at radius 2 is 1.74 bits per heavy atom. The van der Waals surface area contributed by atoms with Crippen molar-refractivity contribution < 1.29 is 9.59 Å². The van der Waals surface area contributed by atoms with Crippen molar-refractivity contribution >= 4 is 50.9 Å². The summed E-state index contributed by atoms with van der Waals surface area (Å²) in [5.41, 5.74) is 4.33. The first-order valence-corrected chi connectivity index (χ1v) is 12.4. The zero-order chi connectivity index (χ0) is 24.2. The molecule has 3 aromatic carbocycles. The van der Waals surface area contributed by atoms with Gasteiger partial charge in [-0.05, 0) is 67.8 Å². The zero-order valence-electron chi connectivity index (χ0n) is 18.7. The lowest BCUT2D eigenvalue weighted by atomic mass is 10.0. The van der Waals surface area contributed by atoms with E-state index in [1.54, 1.807) is 24.3 Å². The standard InChI is InChI=1S/C27H22BrN3O2S/c1-17-7-13-22(14-8-17)31-26(33)24(15-19-6-4-3-5-18(19)2)34-27(31)23(16-29)25(32)30-21-11-9-20(28)10-12-21/h3-14,24H,15H2,1-2H3,(H,30,32)/b27-23-. The van der Waals surface area contributed by atoms with E-state index in [9.17, 15) is 14.9 Å². The van der Waals surface area contributed by atoms with Crippen molar-refractivity contribution in [3.8, 4) is 6.07 Å². The Morgan fingerprint density at radius 3 is 2.38 bits per heavy atom. The Kier molecular flexibility index (Phi) is 7.20. The van der Waals surface area contributed by atoms with Gasteiger partial charge in [-0.15, -0.1) is 0 Å². The van der Waals surface area contributed by atoms with Gasteiger partial charge >= 0.3 is 0 Å². The molecule has 170 valence electrons. The maximum absolute atomic E-state index is 13.6. The van der Waals surface area contributed by atoms with Crippen LogP contribution in [-0.2, 0) is 16.0 Å². The molecule has 1 aliphatic rings. The normalized spacial score (nSPS) is 16.8. The van der Waals surface area contributed by atoms with Gasteiger partial charge < -0.3 is 5.32 Å². The number of benzene rings is 3. The van der Waals surface area contributed by atoms with Gasteiger partial charge in [0.1, 0.15) is 16.7 Å². The van der Waals surface area contributed by atoms with Crippen molar-refractivity contribution in [2.75, 3.05) is 10.2 Å². The Bertz CT molecular complexity index is 1310. The van der Waals surface area contributed by atoms with Crippen LogP contribution in [0.3, 0.4) is 0 Å². The number of nitrogens with zero attached hydrogens (tertiary/aromatic N) is 2. The molecule has 0 aromatic heterocycles. The maximum atomic E-state index is 13.6. The van der Waals surface area contributed by atoms with Crippen molar-refractivity contribution in [3.05, 3.63) is 105 Å². The number of hydrogen-bond donors (Lipinski definition) is 1. The van der Waals surface area contributed by atoms with Crippen LogP contribution >= 0.6 is 27.7 Å². The number of amides is 2. The highest BCUT2D eigenvalue weighted by molar-refractivity contribution is 9.10. The molecule has 0 bridgehead atoms. The fourth-order valence-corrected chi connectivity index (χ4v) is 5.24. The zero-order valence-corrected chi connectivity index (χ0v) is 21.1. The lowest BCUT2D eigenvalue weighted by molar-refractivity contribution is -0.117. The van der Waals surface area contributed by atoms with Gasteiger partial charge in [-0.1, -0.05) is 69.7 Å². The number of thioether (sulfide) groups is 1. The minimum atomic E-state index is -0.547. The summed E-state index contributed by atoms with van der Waals surface area (Å²) >= 11 is 4.64. The van der Waals surface area contributed by atoms with Crippen LogP contribution < -0.4 is 10.2 Å². The SMILES string of the molecule is Cc1ccc(N2C(=O)C(Cc3ccccc3C)S/C2=C(/C#N)C(=O)Nc2ccc(Br)cc2)cc1. The molecular weight excluding hydrogens is 510 g/mol. The predicted molar refractivity (Wildman–Crippen MR) is 140 cm³/mol. The molecule has 1 unspecified atom stereocenters. The topological polar surface area (TPSA) is 73.2 Å². The fourth-order valence-electron chi connectivity index (χ4n) is 3.68. The first-order chi connectivity index (χ1) is 16.4. The van der Waals surface area contributed by atoms with Gasteiger partial charge in [0.2, 0.25) is 5.91 Å². The van der Waals surface area contributed by atoms with E-state index in [0.29, 0.717) is 22.8 Å². The van der Waals surface area contributed by atoms with Crippen LogP contribution in [0.2, 0.25) is 0 Å². The summed E-state index contributed by atoms with van der Waals surface area (Å²) < 4.78 is 0.880. The number of hydrogen-bond acceptors (Lipinski definition) is 4. The molecule has 0 saturated carbocycles. The van der Waals surface area contributed by atoms with Gasteiger partial charge in [-0.2, -0.15) is 5.26 Å². The smallest absolute Gasteiger partial charge is 0.269 e. The van der Waals surface area contributed by atoms with E-state index in [-0.39, 0.29) is 11.5 Å². The van der Waals surface area contributed by atoms with Crippen LogP contribution in [0.5, 0.6) is 0 Å². The number of carbonyl (C=O) groups excluding carboxylic acids is 2. The Hall–Kier alpha value is -3.34. The van der Waals surface area contributed by atoms with Gasteiger partial charge in [-0.25, -0.2) is 0 Å². The fraction of sp³-hybridized carbons (Fsp3) is 0.148. The molecule has 1 N–H and O–H groups in total. The summed E-state index contributed by atoms with van der Waals surface area (Å²) in [5, 5.41) is 12.7. The number of halogens is 1. The van der Waals surface area contributed by atoms with E-state index < -0.39 is 11.2 Å². The van der Waals surface area contributed by atoms with Gasteiger partial charge in [-0.3, -0.25) is 14.5 Å². The molecule has 0 spiro atoms. The number of carbonyl (C=O) groups is 2. The number of nitriles is 1. The third-order valence-electron chi connectivity index (χ3n) is 5.57. The second kappa shape index (κ2) is 10.3. The van der Waals surface area contributed by atoms with E-state index in [4.69, 9.17) is 0 Å². The number of aryl methyl sites for hydroxylation is 2. The predicted octanol–water partition coefficient (Wildman–Crippen LogP) is 6.13. The van der Waals surface area contributed by atoms with Crippen molar-refractivity contribution in [2.24, 2.45) is 0 Å². The molecule has 1 aliphatic heterocycles. The molecule has 0 radical (unpaired) electrons. The average Bonchev–Trinajstić information content (AvgIpc) is 3.13. The lowest BCUT2D eigenvalue weighted by Crippen LogP contribution is -2.31. The van der Waals surface area contributed by atoms with E-state index in [1.807, 2.05) is 68.4 Å². The Morgan fingerprint density at radius 1 is 1.06 bits per heavy atom. The minimum absolute atomic E-state index is 0.0888. The van der Waals surface area contributed by atoms with Crippen LogP contribution in [0.1, 0.15) is 16.7 Å². The van der Waals surface area contributed by atoms with Gasteiger partial charge in [0, 0.05) is 15.8 Å². The van der Waals surface area contributed by atoms with E-state index in [0.717, 1.165) is 21.2 Å². The Labute approximate surface area is 211 Å². The Balaban J connectivity index is 1.73. The largest absolute Gasteiger partial charge is 0.321 e. The quantitative estimate of drug-likeness (QED) is 0.317. The van der Waals surface area contributed by atoms with Crippen molar-refractivity contribution in [3.63, 3.8) is 0 Å². The van der Waals surface area contributed by atoms with E-state index in [2.05, 4.69) is 21.2 Å². The highest BCUT2D eigenvalue weighted by atomic mass is 79.9. The molecule has 1 heterocycles. The summed E-state index contributed by atoms with van der Waals surface area (Å²) in [6.07, 6.45) is 0.509. The molecule has 1 saturated heterocycles. The summed E-state index contributed by atoms with van der Waals surface area (Å²) in [7, 11) is 0. The first kappa shape index (κ1) is 23.8. The summed E-state index contributed by atoms with van der Waals surface area (Å²) in [5.74, 6) is -0.690. The minimum Gasteiger partial charge on any atom is -0.321 e. The molecule has 7 heteroatoms. The number of anilines is 2. The molecule has 1 fully saturated rings. The van der Waals surface area contributed by atoms with Gasteiger partial charge in [0.15, 0.2) is 0 Å². The molecule has 1 atom stereocenters. The summed E-state index contributed by atoms with van der Waals surface area (Å²) in [6, 6.07) is 24.6. The molecule has 34 heavy (non-hydrogen) atoms. The number of rotatable bonds is 5. The van der Waals surface area contributed by atoms with Crippen molar-refractivity contribution in [2.45, 2.75) is 25.5 Å². The molecule has 0 aliphatic carbocycles. The highest BCUT2D eigenvalue weighted by Gasteiger charge is 2.41. The van der Waals surface area contributed by atoms with Crippen LogP contribution in [0, 0.1) is 25.2 Å². The monoisotopic (exact) mass is 531 g/mol. The van der Waals surface area contributed by atoms with Crippen LogP contribution in [-0.4, -0.2) is 17.1 Å². The van der Waals surface area contributed by atoms with Crippen LogP contribution in [0.25, 0.3) is 0 Å². The third kappa shape index (κ3) is 5.09. The highest BCUT2D eigenvalue weighted by Crippen LogP contribution is 2.42. The van der Waals surface area contributed by atoms with Crippen LogP contribution in [0.4, 0.5) is 11.4 Å². The van der Waals surface area contributed by atoms with E-state index in [1.165, 1.54) is 16.7 Å². The summed E-state index contributed by atoms with van der Waals surface area (Å²) in [4.78, 5) is 28.2. The number of nitrogens with one attached hydrogen (secondary N) is 1. The van der Waals surface area contributed by atoms with E-state index >= 15 is 0 Å². The average molecular weight is 532 g/mol. The molecular formula is C27H22BrN3O2S. The summed E-state index contributed by atoms with van der Waals surface area (Å²) in [6.45, 7) is 3.98. The molecule has 3 aromatic rings. The third-order valence-corrected chi connectivity index (χ3v) is 7.36. The van der Waals surface area contributed by atoms with Crippen LogP contribution in [0.15, 0.2) is 87.9 Å². The first-order valence-electron chi connectivity index (χ1n) is 10.7. The van der Waals surface area contributed by atoms with Gasteiger partial charge in [0.05, 0.1) is 5.25 Å².